The molecule has 1 fully saturated rings. The molecule has 116 valence electrons. The van der Waals surface area contributed by atoms with E-state index in [4.69, 9.17) is 4.74 Å². The van der Waals surface area contributed by atoms with Gasteiger partial charge in [-0.15, -0.1) is 0 Å². The fourth-order valence-corrected chi connectivity index (χ4v) is 3.53. The highest BCUT2D eigenvalue weighted by Crippen LogP contribution is 2.34. The maximum atomic E-state index is 6.04. The molecule has 4 heteroatoms. The maximum absolute atomic E-state index is 6.04. The van der Waals surface area contributed by atoms with Crippen molar-refractivity contribution in [3.63, 3.8) is 0 Å². The molecular formula is C17H27N3O. The van der Waals surface area contributed by atoms with Gasteiger partial charge in [-0.1, -0.05) is 25.1 Å². The van der Waals surface area contributed by atoms with Gasteiger partial charge >= 0.3 is 0 Å². The summed E-state index contributed by atoms with van der Waals surface area (Å²) in [5.74, 6) is 1.05. The molecule has 2 heterocycles. The van der Waals surface area contributed by atoms with Crippen molar-refractivity contribution in [2.24, 2.45) is 0 Å². The van der Waals surface area contributed by atoms with E-state index in [9.17, 15) is 0 Å². The minimum Gasteiger partial charge on any atom is -0.492 e. The minimum atomic E-state index is 0.378. The topological polar surface area (TPSA) is 27.7 Å². The molecule has 1 N–H and O–H groups in total. The summed E-state index contributed by atoms with van der Waals surface area (Å²) in [5, 5.41) is 3.68. The summed E-state index contributed by atoms with van der Waals surface area (Å²) in [6.45, 7) is 8.62. The first-order valence-corrected chi connectivity index (χ1v) is 8.17. The Morgan fingerprint density at radius 2 is 2.05 bits per heavy atom. The fraction of sp³-hybridized carbons (Fsp3) is 0.647. The van der Waals surface area contributed by atoms with Crippen molar-refractivity contribution in [2.45, 2.75) is 25.4 Å². The SMILES string of the molecule is CCNC1c2ccccc2OCC1N1CCCN(C)CC1. The van der Waals surface area contributed by atoms with E-state index in [-0.39, 0.29) is 0 Å². The first-order valence-electron chi connectivity index (χ1n) is 8.17. The number of rotatable bonds is 3. The lowest BCUT2D eigenvalue weighted by Gasteiger charge is -2.40. The Morgan fingerprint density at radius 3 is 2.90 bits per heavy atom. The van der Waals surface area contributed by atoms with Crippen LogP contribution in [0.15, 0.2) is 24.3 Å². The molecule has 2 unspecified atom stereocenters. The van der Waals surface area contributed by atoms with Crippen LogP contribution in [-0.2, 0) is 0 Å². The Morgan fingerprint density at radius 1 is 1.19 bits per heavy atom. The summed E-state index contributed by atoms with van der Waals surface area (Å²) < 4.78 is 6.04. The van der Waals surface area contributed by atoms with Gasteiger partial charge < -0.3 is 15.0 Å². The van der Waals surface area contributed by atoms with E-state index in [1.807, 2.05) is 0 Å². The number of likely N-dealkylation sites (N-methyl/N-ethyl adjacent to an activating group) is 2. The predicted molar refractivity (Wildman–Crippen MR) is 85.8 cm³/mol. The number of nitrogens with zero attached hydrogens (tertiary/aromatic N) is 2. The molecule has 4 nitrogen and oxygen atoms in total. The monoisotopic (exact) mass is 289 g/mol. The Bertz CT molecular complexity index is 465. The number of ether oxygens (including phenoxy) is 1. The number of hydrogen-bond acceptors (Lipinski definition) is 4. The molecular weight excluding hydrogens is 262 g/mol. The highest BCUT2D eigenvalue weighted by Gasteiger charge is 2.34. The van der Waals surface area contributed by atoms with Crippen LogP contribution in [0.25, 0.3) is 0 Å². The summed E-state index contributed by atoms with van der Waals surface area (Å²) in [6, 6.07) is 9.29. The zero-order chi connectivity index (χ0) is 14.7. The summed E-state index contributed by atoms with van der Waals surface area (Å²) in [4.78, 5) is 5.05. The van der Waals surface area contributed by atoms with Crippen molar-refractivity contribution in [1.82, 2.24) is 15.1 Å². The second-order valence-electron chi connectivity index (χ2n) is 6.14. The molecule has 0 saturated carbocycles. The molecule has 21 heavy (non-hydrogen) atoms. The van der Waals surface area contributed by atoms with Crippen LogP contribution in [-0.4, -0.2) is 62.2 Å². The van der Waals surface area contributed by atoms with Crippen molar-refractivity contribution in [1.29, 1.82) is 0 Å². The van der Waals surface area contributed by atoms with Crippen molar-refractivity contribution >= 4 is 0 Å². The first kappa shape index (κ1) is 14.8. The normalized spacial score (nSPS) is 27.7. The van der Waals surface area contributed by atoms with Gasteiger partial charge in [0, 0.05) is 18.7 Å². The first-order chi connectivity index (χ1) is 10.3. The number of nitrogens with one attached hydrogen (secondary N) is 1. The van der Waals surface area contributed by atoms with Gasteiger partial charge in [-0.3, -0.25) is 4.90 Å². The summed E-state index contributed by atoms with van der Waals surface area (Å²) in [7, 11) is 2.22. The highest BCUT2D eigenvalue weighted by molar-refractivity contribution is 5.38. The Kier molecular flexibility index (Phi) is 4.78. The van der Waals surface area contributed by atoms with E-state index >= 15 is 0 Å². The lowest BCUT2D eigenvalue weighted by atomic mass is 9.94. The molecule has 0 spiro atoms. The van der Waals surface area contributed by atoms with Crippen LogP contribution in [0.4, 0.5) is 0 Å². The number of hydrogen-bond donors (Lipinski definition) is 1. The predicted octanol–water partition coefficient (Wildman–Crippen LogP) is 1.74. The molecule has 0 radical (unpaired) electrons. The third kappa shape index (κ3) is 3.23. The van der Waals surface area contributed by atoms with Gasteiger partial charge in [0.25, 0.3) is 0 Å². The van der Waals surface area contributed by atoms with E-state index in [0.717, 1.165) is 32.0 Å². The number of benzene rings is 1. The summed E-state index contributed by atoms with van der Waals surface area (Å²) >= 11 is 0. The minimum absolute atomic E-state index is 0.378. The van der Waals surface area contributed by atoms with Crippen molar-refractivity contribution in [3.05, 3.63) is 29.8 Å². The lowest BCUT2D eigenvalue weighted by Crippen LogP contribution is -2.51. The molecule has 2 aliphatic rings. The van der Waals surface area contributed by atoms with Crippen LogP contribution < -0.4 is 10.1 Å². The fourth-order valence-electron chi connectivity index (χ4n) is 3.53. The van der Waals surface area contributed by atoms with E-state index in [2.05, 4.69) is 53.4 Å². The molecule has 3 rings (SSSR count). The average Bonchev–Trinajstić information content (AvgIpc) is 2.73. The second kappa shape index (κ2) is 6.77. The zero-order valence-corrected chi connectivity index (χ0v) is 13.2. The van der Waals surface area contributed by atoms with Gasteiger partial charge in [0.2, 0.25) is 0 Å². The Balaban J connectivity index is 1.81. The molecule has 1 aromatic rings. The number of para-hydroxylation sites is 1. The quantitative estimate of drug-likeness (QED) is 0.917. The molecule has 1 aromatic carbocycles. The van der Waals surface area contributed by atoms with Crippen molar-refractivity contribution in [3.8, 4) is 5.75 Å². The van der Waals surface area contributed by atoms with Gasteiger partial charge in [0.05, 0.1) is 12.1 Å². The van der Waals surface area contributed by atoms with E-state index < -0.39 is 0 Å². The average molecular weight is 289 g/mol. The third-order valence-electron chi connectivity index (χ3n) is 4.70. The summed E-state index contributed by atoms with van der Waals surface area (Å²) in [5.41, 5.74) is 1.31. The molecule has 2 atom stereocenters. The smallest absolute Gasteiger partial charge is 0.124 e. The number of fused-ring (bicyclic) bond motifs is 1. The van der Waals surface area contributed by atoms with Gasteiger partial charge in [-0.2, -0.15) is 0 Å². The van der Waals surface area contributed by atoms with E-state index in [1.54, 1.807) is 0 Å². The van der Waals surface area contributed by atoms with Crippen LogP contribution in [0.2, 0.25) is 0 Å². The maximum Gasteiger partial charge on any atom is 0.124 e. The van der Waals surface area contributed by atoms with Gasteiger partial charge in [-0.25, -0.2) is 0 Å². The molecule has 0 bridgehead atoms. The largest absolute Gasteiger partial charge is 0.492 e. The van der Waals surface area contributed by atoms with Gasteiger partial charge in [0.15, 0.2) is 0 Å². The van der Waals surface area contributed by atoms with Crippen LogP contribution in [0.3, 0.4) is 0 Å². The Hall–Kier alpha value is -1.10. The van der Waals surface area contributed by atoms with Crippen LogP contribution >= 0.6 is 0 Å². The lowest BCUT2D eigenvalue weighted by molar-refractivity contribution is 0.0893. The van der Waals surface area contributed by atoms with E-state index in [1.165, 1.54) is 25.1 Å². The molecule has 1 saturated heterocycles. The van der Waals surface area contributed by atoms with E-state index in [0.29, 0.717) is 12.1 Å². The van der Waals surface area contributed by atoms with Crippen LogP contribution in [0.5, 0.6) is 5.75 Å². The molecule has 0 aromatic heterocycles. The summed E-state index contributed by atoms with van der Waals surface area (Å²) in [6.07, 6.45) is 1.24. The Labute approximate surface area is 128 Å². The van der Waals surface area contributed by atoms with Crippen LogP contribution in [0, 0.1) is 0 Å². The van der Waals surface area contributed by atoms with Gasteiger partial charge in [0.1, 0.15) is 12.4 Å². The standard InChI is InChI=1S/C17H27N3O/c1-3-18-17-14-7-4-5-8-16(14)21-13-15(17)20-10-6-9-19(2)11-12-20/h4-5,7-8,15,17-18H,3,6,9-13H2,1-2H3. The van der Waals surface area contributed by atoms with Crippen molar-refractivity contribution < 1.29 is 4.74 Å². The second-order valence-corrected chi connectivity index (χ2v) is 6.14. The highest BCUT2D eigenvalue weighted by atomic mass is 16.5. The molecule has 0 amide bonds. The van der Waals surface area contributed by atoms with Gasteiger partial charge in [-0.05, 0) is 39.2 Å². The van der Waals surface area contributed by atoms with Crippen LogP contribution in [0.1, 0.15) is 24.9 Å². The molecule has 2 aliphatic heterocycles. The third-order valence-corrected chi connectivity index (χ3v) is 4.70. The zero-order valence-electron chi connectivity index (χ0n) is 13.2. The van der Waals surface area contributed by atoms with Crippen molar-refractivity contribution in [2.75, 3.05) is 46.4 Å². The molecule has 0 aliphatic carbocycles.